The van der Waals surface area contributed by atoms with Crippen molar-refractivity contribution in [2.75, 3.05) is 13.1 Å². The van der Waals surface area contributed by atoms with Crippen LogP contribution < -0.4 is 5.73 Å². The highest BCUT2D eigenvalue weighted by molar-refractivity contribution is 5.76. The predicted molar refractivity (Wildman–Crippen MR) is 67.1 cm³/mol. The van der Waals surface area contributed by atoms with E-state index in [2.05, 4.69) is 13.8 Å². The summed E-state index contributed by atoms with van der Waals surface area (Å²) in [4.78, 5) is 13.8. The number of likely N-dealkylation sites (tertiary alicyclic amines) is 1. The van der Waals surface area contributed by atoms with Crippen LogP contribution in [0.4, 0.5) is 0 Å². The summed E-state index contributed by atoms with van der Waals surface area (Å²) in [6.45, 7) is 6.02. The lowest BCUT2D eigenvalue weighted by molar-refractivity contribution is -0.133. The van der Waals surface area contributed by atoms with Gasteiger partial charge in [-0.2, -0.15) is 0 Å². The van der Waals surface area contributed by atoms with Crippen molar-refractivity contribution in [3.05, 3.63) is 0 Å². The van der Waals surface area contributed by atoms with E-state index in [0.29, 0.717) is 18.2 Å². The summed E-state index contributed by atoms with van der Waals surface area (Å²) in [5.41, 5.74) is 5.99. The van der Waals surface area contributed by atoms with E-state index in [1.165, 1.54) is 19.3 Å². The number of carbonyl (C=O) groups is 1. The molecule has 1 amide bonds. The molecule has 0 aromatic carbocycles. The monoisotopic (exact) mass is 226 g/mol. The summed E-state index contributed by atoms with van der Waals surface area (Å²) < 4.78 is 0. The van der Waals surface area contributed by atoms with Crippen molar-refractivity contribution in [1.29, 1.82) is 0 Å². The number of rotatable bonds is 5. The molecule has 1 fully saturated rings. The first kappa shape index (κ1) is 13.5. The molecule has 0 aromatic heterocycles. The van der Waals surface area contributed by atoms with Crippen molar-refractivity contribution in [2.45, 2.75) is 58.4 Å². The fraction of sp³-hybridized carbons (Fsp3) is 0.923. The van der Waals surface area contributed by atoms with E-state index in [4.69, 9.17) is 5.73 Å². The summed E-state index contributed by atoms with van der Waals surface area (Å²) in [6, 6.07) is 0.174. The highest BCUT2D eigenvalue weighted by atomic mass is 16.2. The van der Waals surface area contributed by atoms with E-state index in [9.17, 15) is 4.79 Å². The molecule has 0 saturated carbocycles. The zero-order chi connectivity index (χ0) is 12.0. The molecule has 0 bridgehead atoms. The maximum atomic E-state index is 11.9. The molecule has 0 aliphatic carbocycles. The van der Waals surface area contributed by atoms with Gasteiger partial charge in [-0.3, -0.25) is 4.79 Å². The van der Waals surface area contributed by atoms with Gasteiger partial charge in [-0.25, -0.2) is 0 Å². The summed E-state index contributed by atoms with van der Waals surface area (Å²) in [7, 11) is 0. The first-order valence-electron chi connectivity index (χ1n) is 6.68. The molecule has 2 unspecified atom stereocenters. The Bertz CT molecular complexity index is 218. The number of piperidine rings is 1. The van der Waals surface area contributed by atoms with Gasteiger partial charge in [0.25, 0.3) is 0 Å². The van der Waals surface area contributed by atoms with Crippen LogP contribution in [0.3, 0.4) is 0 Å². The van der Waals surface area contributed by atoms with Gasteiger partial charge in [-0.15, -0.1) is 0 Å². The fourth-order valence-electron chi connectivity index (χ4n) is 2.19. The van der Waals surface area contributed by atoms with Gasteiger partial charge in [0.05, 0.1) is 0 Å². The smallest absolute Gasteiger partial charge is 0.222 e. The second-order valence-corrected chi connectivity index (χ2v) is 5.08. The minimum atomic E-state index is 0.174. The van der Waals surface area contributed by atoms with Gasteiger partial charge in [-0.05, 0) is 18.8 Å². The van der Waals surface area contributed by atoms with Gasteiger partial charge in [0, 0.05) is 25.6 Å². The molecule has 1 saturated heterocycles. The van der Waals surface area contributed by atoms with Crippen LogP contribution in [0.25, 0.3) is 0 Å². The summed E-state index contributed by atoms with van der Waals surface area (Å²) >= 11 is 0. The molecule has 16 heavy (non-hydrogen) atoms. The number of carbonyl (C=O) groups excluding carboxylic acids is 1. The van der Waals surface area contributed by atoms with Crippen molar-refractivity contribution in [2.24, 2.45) is 11.7 Å². The van der Waals surface area contributed by atoms with E-state index in [1.807, 2.05) is 4.90 Å². The van der Waals surface area contributed by atoms with Gasteiger partial charge >= 0.3 is 0 Å². The van der Waals surface area contributed by atoms with Crippen molar-refractivity contribution in [1.82, 2.24) is 4.90 Å². The lowest BCUT2D eigenvalue weighted by atomic mass is 9.94. The normalized spacial score (nSPS) is 25.8. The fourth-order valence-corrected chi connectivity index (χ4v) is 2.19. The Morgan fingerprint density at radius 2 is 2.12 bits per heavy atom. The van der Waals surface area contributed by atoms with E-state index < -0.39 is 0 Å². The Balaban J connectivity index is 2.21. The number of amides is 1. The van der Waals surface area contributed by atoms with Crippen LogP contribution >= 0.6 is 0 Å². The van der Waals surface area contributed by atoms with Gasteiger partial charge in [-0.1, -0.05) is 33.1 Å². The van der Waals surface area contributed by atoms with Crippen LogP contribution in [0, 0.1) is 5.92 Å². The Morgan fingerprint density at radius 1 is 1.38 bits per heavy atom. The van der Waals surface area contributed by atoms with E-state index in [1.54, 1.807) is 0 Å². The first-order chi connectivity index (χ1) is 7.65. The highest BCUT2D eigenvalue weighted by Gasteiger charge is 2.25. The standard InChI is InChI=1S/C13H26N2O/c1-3-4-5-6-7-13(16)15-9-8-11(2)12(14)10-15/h11-12H,3-10,14H2,1-2H3. The molecule has 1 aliphatic heterocycles. The van der Waals surface area contributed by atoms with Crippen LogP contribution in [0.2, 0.25) is 0 Å². The third-order valence-electron chi connectivity index (χ3n) is 3.61. The first-order valence-corrected chi connectivity index (χ1v) is 6.68. The van der Waals surface area contributed by atoms with E-state index in [0.717, 1.165) is 25.9 Å². The van der Waals surface area contributed by atoms with Crippen molar-refractivity contribution in [3.8, 4) is 0 Å². The zero-order valence-electron chi connectivity index (χ0n) is 10.7. The largest absolute Gasteiger partial charge is 0.341 e. The van der Waals surface area contributed by atoms with Crippen molar-refractivity contribution >= 4 is 5.91 Å². The summed E-state index contributed by atoms with van der Waals surface area (Å²) in [5, 5.41) is 0. The third kappa shape index (κ3) is 4.12. The number of unbranched alkanes of at least 4 members (excludes halogenated alkanes) is 3. The van der Waals surface area contributed by atoms with E-state index in [-0.39, 0.29) is 6.04 Å². The van der Waals surface area contributed by atoms with Crippen LogP contribution in [0.15, 0.2) is 0 Å². The van der Waals surface area contributed by atoms with E-state index >= 15 is 0 Å². The van der Waals surface area contributed by atoms with Crippen molar-refractivity contribution in [3.63, 3.8) is 0 Å². The minimum Gasteiger partial charge on any atom is -0.341 e. The maximum absolute atomic E-state index is 11.9. The Hall–Kier alpha value is -0.570. The second kappa shape index (κ2) is 6.89. The lowest BCUT2D eigenvalue weighted by Gasteiger charge is -2.35. The second-order valence-electron chi connectivity index (χ2n) is 5.08. The molecule has 0 radical (unpaired) electrons. The quantitative estimate of drug-likeness (QED) is 0.730. The topological polar surface area (TPSA) is 46.3 Å². The van der Waals surface area contributed by atoms with Gasteiger partial charge in [0.15, 0.2) is 0 Å². The Labute approximate surface area is 99.4 Å². The Morgan fingerprint density at radius 3 is 2.75 bits per heavy atom. The zero-order valence-corrected chi connectivity index (χ0v) is 10.7. The molecule has 1 rings (SSSR count). The van der Waals surface area contributed by atoms with Gasteiger partial charge in [0.2, 0.25) is 5.91 Å². The van der Waals surface area contributed by atoms with Crippen LogP contribution in [-0.4, -0.2) is 29.9 Å². The highest BCUT2D eigenvalue weighted by Crippen LogP contribution is 2.16. The molecular weight excluding hydrogens is 200 g/mol. The average Bonchev–Trinajstić information content (AvgIpc) is 2.28. The molecule has 2 N–H and O–H groups in total. The average molecular weight is 226 g/mol. The maximum Gasteiger partial charge on any atom is 0.222 e. The molecule has 1 heterocycles. The summed E-state index contributed by atoms with van der Waals surface area (Å²) in [6.07, 6.45) is 6.44. The van der Waals surface area contributed by atoms with Crippen molar-refractivity contribution < 1.29 is 4.79 Å². The molecule has 3 heteroatoms. The minimum absolute atomic E-state index is 0.174. The van der Waals surface area contributed by atoms with Crippen LogP contribution in [-0.2, 0) is 4.79 Å². The molecular formula is C13H26N2O. The Kier molecular flexibility index (Phi) is 5.81. The number of nitrogens with two attached hydrogens (primary N) is 1. The lowest BCUT2D eigenvalue weighted by Crippen LogP contribution is -2.49. The third-order valence-corrected chi connectivity index (χ3v) is 3.61. The predicted octanol–water partition coefficient (Wildman–Crippen LogP) is 2.15. The molecule has 0 spiro atoms. The summed E-state index contributed by atoms with van der Waals surface area (Å²) in [5.74, 6) is 0.864. The number of hydrogen-bond acceptors (Lipinski definition) is 2. The van der Waals surface area contributed by atoms with Gasteiger partial charge < -0.3 is 10.6 Å². The van der Waals surface area contributed by atoms with Crippen LogP contribution in [0.5, 0.6) is 0 Å². The molecule has 3 nitrogen and oxygen atoms in total. The number of nitrogens with zero attached hydrogens (tertiary/aromatic N) is 1. The molecule has 2 atom stereocenters. The number of hydrogen-bond donors (Lipinski definition) is 1. The molecule has 1 aliphatic rings. The van der Waals surface area contributed by atoms with Crippen LogP contribution in [0.1, 0.15) is 52.4 Å². The van der Waals surface area contributed by atoms with Gasteiger partial charge in [0.1, 0.15) is 0 Å². The molecule has 0 aromatic rings. The SMILES string of the molecule is CCCCCCC(=O)N1CCC(C)C(N)C1. The molecule has 94 valence electrons.